The number of rotatable bonds is 6. The van der Waals surface area contributed by atoms with Crippen molar-refractivity contribution in [3.8, 4) is 0 Å². The van der Waals surface area contributed by atoms with E-state index in [2.05, 4.69) is 0 Å². The summed E-state index contributed by atoms with van der Waals surface area (Å²) in [6, 6.07) is -0.0412. The van der Waals surface area contributed by atoms with Crippen LogP contribution in [-0.4, -0.2) is 93.0 Å². The Hall–Kier alpha value is -1.34. The van der Waals surface area contributed by atoms with Crippen LogP contribution in [0.25, 0.3) is 0 Å². The van der Waals surface area contributed by atoms with Crippen LogP contribution in [0.15, 0.2) is 0 Å². The van der Waals surface area contributed by atoms with Crippen molar-refractivity contribution in [3.63, 3.8) is 0 Å². The van der Waals surface area contributed by atoms with E-state index in [0.29, 0.717) is 6.61 Å². The highest BCUT2D eigenvalue weighted by Gasteiger charge is 2.53. The van der Waals surface area contributed by atoms with Crippen molar-refractivity contribution in [2.24, 2.45) is 5.73 Å². The van der Waals surface area contributed by atoms with Crippen LogP contribution in [0.1, 0.15) is 20.3 Å². The summed E-state index contributed by atoms with van der Waals surface area (Å²) in [6.45, 7) is 4.10. The highest BCUT2D eigenvalue weighted by molar-refractivity contribution is 5.83. The summed E-state index contributed by atoms with van der Waals surface area (Å²) in [5.74, 6) is -4.11. The quantitative estimate of drug-likeness (QED) is 0.291. The number of hydrogen-bond donors (Lipinski definition) is 6. The van der Waals surface area contributed by atoms with E-state index in [-0.39, 0.29) is 31.0 Å². The van der Waals surface area contributed by atoms with Crippen molar-refractivity contribution in [1.29, 1.82) is 0 Å². The van der Waals surface area contributed by atoms with E-state index < -0.39 is 29.9 Å². The van der Waals surface area contributed by atoms with E-state index >= 15 is 0 Å². The molecule has 1 saturated heterocycles. The number of hydrogen-bond acceptors (Lipinski definition) is 9. The normalized spacial score (nSPS) is 32.2. The molecule has 0 unspecified atom stereocenters. The Kier molecular flexibility index (Phi) is 7.68. The number of aliphatic hydroxyl groups excluding tert-OH is 3. The summed E-state index contributed by atoms with van der Waals surface area (Å²) >= 11 is 0. The van der Waals surface area contributed by atoms with Gasteiger partial charge in [-0.3, -0.25) is 0 Å². The summed E-state index contributed by atoms with van der Waals surface area (Å²) in [6.07, 6.45) is -4.04. The van der Waals surface area contributed by atoms with Gasteiger partial charge in [0.05, 0.1) is 19.3 Å². The Morgan fingerprint density at radius 2 is 1.64 bits per heavy atom. The number of aliphatic carboxylic acids is 2. The molecular weight excluding hydrogens is 342 g/mol. The molecule has 1 aliphatic carbocycles. The minimum absolute atomic E-state index is 0.0212. The molecule has 1 saturated carbocycles. The molecule has 0 aromatic carbocycles. The third kappa shape index (κ3) is 5.85. The smallest absolute Gasteiger partial charge is 0.335 e. The Morgan fingerprint density at radius 3 is 2.08 bits per heavy atom. The van der Waals surface area contributed by atoms with Crippen molar-refractivity contribution >= 4 is 11.9 Å². The predicted octanol–water partition coefficient (Wildman–Crippen LogP) is -2.51. The molecule has 1 aliphatic heterocycles. The second-order valence-electron chi connectivity index (χ2n) is 6.16. The van der Waals surface area contributed by atoms with Crippen LogP contribution in [0.5, 0.6) is 0 Å². The van der Waals surface area contributed by atoms with Gasteiger partial charge in [0, 0.05) is 6.04 Å². The molecule has 0 spiro atoms. The predicted molar refractivity (Wildman–Crippen MR) is 80.5 cm³/mol. The lowest BCUT2D eigenvalue weighted by Crippen LogP contribution is -2.39. The van der Waals surface area contributed by atoms with E-state index in [1.165, 1.54) is 0 Å². The van der Waals surface area contributed by atoms with Gasteiger partial charge in [-0.25, -0.2) is 9.59 Å². The van der Waals surface area contributed by atoms with Gasteiger partial charge in [-0.15, -0.1) is 0 Å². The molecule has 0 amide bonds. The molecule has 146 valence electrons. The third-order valence-corrected chi connectivity index (χ3v) is 3.68. The molecule has 2 rings (SSSR count). The minimum Gasteiger partial charge on any atom is -0.479 e. The fourth-order valence-electron chi connectivity index (χ4n) is 2.61. The molecule has 11 nitrogen and oxygen atoms in total. The van der Waals surface area contributed by atoms with E-state index in [9.17, 15) is 9.59 Å². The number of nitrogens with two attached hydrogens (primary N) is 1. The maximum absolute atomic E-state index is 9.77. The van der Waals surface area contributed by atoms with Crippen molar-refractivity contribution in [2.75, 3.05) is 13.2 Å². The Balaban J connectivity index is 0.000000275. The molecule has 6 atom stereocenters. The zero-order valence-corrected chi connectivity index (χ0v) is 13.9. The van der Waals surface area contributed by atoms with E-state index in [4.69, 9.17) is 45.5 Å². The van der Waals surface area contributed by atoms with Gasteiger partial charge in [-0.2, -0.15) is 0 Å². The van der Waals surface area contributed by atoms with Crippen molar-refractivity contribution in [2.45, 2.75) is 62.6 Å². The summed E-state index contributed by atoms with van der Waals surface area (Å²) in [5.41, 5.74) is 5.96. The highest BCUT2D eigenvalue weighted by atomic mass is 16.8. The Labute approximate surface area is 143 Å². The molecule has 0 aromatic rings. The summed E-state index contributed by atoms with van der Waals surface area (Å²) in [5, 5.41) is 41.2. The van der Waals surface area contributed by atoms with Crippen LogP contribution in [0.4, 0.5) is 0 Å². The molecule has 0 bridgehead atoms. The number of ether oxygens (including phenoxy) is 3. The maximum atomic E-state index is 9.77. The summed E-state index contributed by atoms with van der Waals surface area (Å²) in [4.78, 5) is 19.5. The van der Waals surface area contributed by atoms with Gasteiger partial charge in [0.25, 0.3) is 0 Å². The molecule has 0 radical (unpaired) electrons. The number of fused-ring (bicyclic) bond motifs is 1. The van der Waals surface area contributed by atoms with Gasteiger partial charge in [0.1, 0.15) is 12.2 Å². The highest BCUT2D eigenvalue weighted by Crippen LogP contribution is 2.38. The number of carbonyl (C=O) groups is 2. The first kappa shape index (κ1) is 21.7. The average molecular weight is 367 g/mol. The van der Waals surface area contributed by atoms with Gasteiger partial charge < -0.3 is 45.5 Å². The summed E-state index contributed by atoms with van der Waals surface area (Å²) < 4.78 is 16.9. The lowest BCUT2D eigenvalue weighted by atomic mass is 10.2. The maximum Gasteiger partial charge on any atom is 0.335 e. The lowest BCUT2D eigenvalue weighted by molar-refractivity contribution is -0.168. The van der Waals surface area contributed by atoms with E-state index in [0.717, 1.165) is 6.42 Å². The van der Waals surface area contributed by atoms with Gasteiger partial charge in [-0.05, 0) is 20.3 Å². The van der Waals surface area contributed by atoms with Crippen molar-refractivity contribution in [1.82, 2.24) is 0 Å². The average Bonchev–Trinajstić information content (AvgIpc) is 2.98. The van der Waals surface area contributed by atoms with Crippen LogP contribution in [0.2, 0.25) is 0 Å². The molecule has 11 heteroatoms. The van der Waals surface area contributed by atoms with Crippen LogP contribution in [-0.2, 0) is 23.8 Å². The zero-order chi connectivity index (χ0) is 19.4. The van der Waals surface area contributed by atoms with Crippen LogP contribution in [0, 0.1) is 0 Å². The summed E-state index contributed by atoms with van der Waals surface area (Å²) in [7, 11) is 0. The molecule has 1 heterocycles. The van der Waals surface area contributed by atoms with Gasteiger partial charge in [0.2, 0.25) is 0 Å². The van der Waals surface area contributed by atoms with E-state index in [1.807, 2.05) is 13.8 Å². The standard InChI is InChI=1S/C10H19NO4.C4H6O6/c1-10(2)14-8-6(11)5-7(9(8)15-10)13-4-3-12;5-1(3(7)8)2(6)4(9)10/h6-9,12H,3-5,11H2,1-2H3;1-2,5-6H,(H,7,8)(H,9,10)/t6-,7+,8-,9-;1-,2-/m11/s1. The van der Waals surface area contributed by atoms with Gasteiger partial charge in [-0.1, -0.05) is 0 Å². The molecule has 2 aliphatic rings. The third-order valence-electron chi connectivity index (χ3n) is 3.68. The first-order chi connectivity index (χ1) is 11.5. The molecular formula is C14H25NO10. The first-order valence-corrected chi connectivity index (χ1v) is 7.65. The minimum atomic E-state index is -2.27. The molecule has 7 N–H and O–H groups in total. The second-order valence-corrected chi connectivity index (χ2v) is 6.16. The van der Waals surface area contributed by atoms with Gasteiger partial charge >= 0.3 is 11.9 Å². The van der Waals surface area contributed by atoms with Crippen LogP contribution in [0.3, 0.4) is 0 Å². The first-order valence-electron chi connectivity index (χ1n) is 7.65. The van der Waals surface area contributed by atoms with Crippen LogP contribution >= 0.6 is 0 Å². The van der Waals surface area contributed by atoms with Gasteiger partial charge in [0.15, 0.2) is 18.0 Å². The number of carboxylic acids is 2. The van der Waals surface area contributed by atoms with Crippen molar-refractivity contribution < 1.29 is 49.3 Å². The Bertz CT molecular complexity index is 453. The monoisotopic (exact) mass is 367 g/mol. The fraction of sp³-hybridized carbons (Fsp3) is 0.857. The fourth-order valence-corrected chi connectivity index (χ4v) is 2.61. The largest absolute Gasteiger partial charge is 0.479 e. The topological polar surface area (TPSA) is 189 Å². The molecule has 0 aromatic heterocycles. The number of carboxylic acid groups (broad SMARTS) is 2. The zero-order valence-electron chi connectivity index (χ0n) is 13.9. The van der Waals surface area contributed by atoms with E-state index in [1.54, 1.807) is 0 Å². The molecule has 25 heavy (non-hydrogen) atoms. The van der Waals surface area contributed by atoms with Crippen LogP contribution < -0.4 is 5.73 Å². The van der Waals surface area contributed by atoms with Crippen molar-refractivity contribution in [3.05, 3.63) is 0 Å². The second kappa shape index (κ2) is 8.85. The SMILES string of the molecule is CC1(C)O[C@H]2[C@H](O1)[C@@H](OCCO)C[C@H]2N.O=C(O)[C@H](O)[C@@H](O)C(=O)O. The lowest BCUT2D eigenvalue weighted by Gasteiger charge is -2.22. The Morgan fingerprint density at radius 1 is 1.16 bits per heavy atom. The number of aliphatic hydroxyl groups is 3. The molecule has 2 fully saturated rings.